The fourth-order valence-electron chi connectivity index (χ4n) is 3.32. The van der Waals surface area contributed by atoms with Gasteiger partial charge in [0.05, 0.1) is 5.69 Å². The van der Waals surface area contributed by atoms with E-state index in [4.69, 9.17) is 0 Å². The van der Waals surface area contributed by atoms with Gasteiger partial charge in [0.25, 0.3) is 0 Å². The van der Waals surface area contributed by atoms with Crippen LogP contribution in [0.3, 0.4) is 0 Å². The molecule has 0 radical (unpaired) electrons. The van der Waals surface area contributed by atoms with Gasteiger partial charge >= 0.3 is 0 Å². The van der Waals surface area contributed by atoms with Gasteiger partial charge in [-0.05, 0) is 36.5 Å². The number of hydrogen-bond acceptors (Lipinski definition) is 2. The fraction of sp³-hybridized carbons (Fsp3) is 0.667. The average Bonchev–Trinajstić information content (AvgIpc) is 2.45. The highest BCUT2D eigenvalue weighted by atomic mass is 19.1. The summed E-state index contributed by atoms with van der Waals surface area (Å²) in [5, 5.41) is 3.33. The summed E-state index contributed by atoms with van der Waals surface area (Å²) in [6.45, 7) is 7.21. The van der Waals surface area contributed by atoms with Crippen LogP contribution in [0.2, 0.25) is 0 Å². The third kappa shape index (κ3) is 4.19. The van der Waals surface area contributed by atoms with E-state index in [0.29, 0.717) is 18.0 Å². The van der Waals surface area contributed by atoms with E-state index in [9.17, 15) is 4.39 Å². The SMILES string of the molecule is CC(C)NCc1ccc(N(C)C2CCCCC2C)c(F)c1. The lowest BCUT2D eigenvalue weighted by molar-refractivity contribution is 0.320. The standard InChI is InChI=1S/C18H29FN2/c1-13(2)20-12-15-9-10-18(16(19)11-15)21(4)17-8-6-5-7-14(17)3/h9-11,13-14,17,20H,5-8,12H2,1-4H3. The van der Waals surface area contributed by atoms with Crippen molar-refractivity contribution in [1.82, 2.24) is 5.32 Å². The summed E-state index contributed by atoms with van der Waals surface area (Å²) in [6, 6.07) is 6.53. The predicted octanol–water partition coefficient (Wildman–Crippen LogP) is 4.34. The Morgan fingerprint density at radius 3 is 2.62 bits per heavy atom. The van der Waals surface area contributed by atoms with Crippen molar-refractivity contribution in [3.05, 3.63) is 29.6 Å². The maximum atomic E-state index is 14.4. The van der Waals surface area contributed by atoms with E-state index < -0.39 is 0 Å². The molecule has 21 heavy (non-hydrogen) atoms. The zero-order valence-corrected chi connectivity index (χ0v) is 13.8. The number of nitrogens with one attached hydrogen (secondary N) is 1. The second kappa shape index (κ2) is 7.26. The molecule has 1 saturated carbocycles. The van der Waals surface area contributed by atoms with Crippen molar-refractivity contribution in [1.29, 1.82) is 0 Å². The quantitative estimate of drug-likeness (QED) is 0.868. The number of benzene rings is 1. The Morgan fingerprint density at radius 2 is 2.00 bits per heavy atom. The van der Waals surface area contributed by atoms with Crippen LogP contribution in [0.1, 0.15) is 52.0 Å². The molecule has 2 atom stereocenters. The molecule has 0 aliphatic heterocycles. The van der Waals surface area contributed by atoms with Crippen molar-refractivity contribution >= 4 is 5.69 Å². The lowest BCUT2D eigenvalue weighted by Gasteiger charge is -2.37. The number of anilines is 1. The van der Waals surface area contributed by atoms with E-state index in [-0.39, 0.29) is 5.82 Å². The molecule has 1 aliphatic rings. The second-order valence-corrected chi connectivity index (χ2v) is 6.76. The fourth-order valence-corrected chi connectivity index (χ4v) is 3.32. The van der Waals surface area contributed by atoms with E-state index in [1.54, 1.807) is 6.07 Å². The van der Waals surface area contributed by atoms with E-state index in [0.717, 1.165) is 17.8 Å². The molecule has 0 aromatic heterocycles. The zero-order chi connectivity index (χ0) is 15.4. The first-order valence-corrected chi connectivity index (χ1v) is 8.23. The minimum absolute atomic E-state index is 0.0988. The van der Waals surface area contributed by atoms with Crippen molar-refractivity contribution in [2.45, 2.75) is 65.1 Å². The van der Waals surface area contributed by atoms with Gasteiger partial charge in [-0.3, -0.25) is 0 Å². The van der Waals surface area contributed by atoms with Gasteiger partial charge in [0.2, 0.25) is 0 Å². The summed E-state index contributed by atoms with van der Waals surface area (Å²) in [4.78, 5) is 2.15. The van der Waals surface area contributed by atoms with Crippen molar-refractivity contribution in [3.8, 4) is 0 Å². The molecule has 1 fully saturated rings. The third-order valence-electron chi connectivity index (χ3n) is 4.67. The largest absolute Gasteiger partial charge is 0.369 e. The van der Waals surface area contributed by atoms with Crippen molar-refractivity contribution < 1.29 is 4.39 Å². The Balaban J connectivity index is 2.08. The summed E-state index contributed by atoms with van der Waals surface area (Å²) >= 11 is 0. The van der Waals surface area contributed by atoms with E-state index >= 15 is 0 Å². The smallest absolute Gasteiger partial charge is 0.146 e. The molecule has 1 N–H and O–H groups in total. The van der Waals surface area contributed by atoms with Crippen LogP contribution in [-0.4, -0.2) is 19.1 Å². The highest BCUT2D eigenvalue weighted by Gasteiger charge is 2.26. The van der Waals surface area contributed by atoms with Crippen LogP contribution in [0.25, 0.3) is 0 Å². The summed E-state index contributed by atoms with van der Waals surface area (Å²) in [6.07, 6.45) is 5.01. The molecule has 0 saturated heterocycles. The number of halogens is 1. The minimum Gasteiger partial charge on any atom is -0.369 e. The highest BCUT2D eigenvalue weighted by Crippen LogP contribution is 2.31. The molecule has 0 spiro atoms. The Kier molecular flexibility index (Phi) is 5.63. The molecule has 1 aromatic carbocycles. The lowest BCUT2D eigenvalue weighted by atomic mass is 9.85. The summed E-state index contributed by atoms with van der Waals surface area (Å²) in [5.74, 6) is 0.545. The topological polar surface area (TPSA) is 15.3 Å². The average molecular weight is 292 g/mol. The van der Waals surface area contributed by atoms with Crippen LogP contribution in [0.5, 0.6) is 0 Å². The number of hydrogen-bond donors (Lipinski definition) is 1. The molecule has 0 bridgehead atoms. The molecule has 1 aromatic rings. The Morgan fingerprint density at radius 1 is 1.29 bits per heavy atom. The molecule has 118 valence electrons. The van der Waals surface area contributed by atoms with Crippen molar-refractivity contribution in [2.75, 3.05) is 11.9 Å². The molecular formula is C18H29FN2. The molecule has 3 heteroatoms. The highest BCUT2D eigenvalue weighted by molar-refractivity contribution is 5.49. The first kappa shape index (κ1) is 16.3. The van der Waals surface area contributed by atoms with Crippen LogP contribution in [0.4, 0.5) is 10.1 Å². The normalized spacial score (nSPS) is 22.6. The first-order chi connectivity index (χ1) is 9.99. The van der Waals surface area contributed by atoms with Gasteiger partial charge in [0.1, 0.15) is 5.82 Å². The van der Waals surface area contributed by atoms with Gasteiger partial charge in [0.15, 0.2) is 0 Å². The van der Waals surface area contributed by atoms with E-state index in [2.05, 4.69) is 31.0 Å². The molecular weight excluding hydrogens is 263 g/mol. The Labute approximate surface area is 128 Å². The van der Waals surface area contributed by atoms with Crippen molar-refractivity contribution in [2.24, 2.45) is 5.92 Å². The van der Waals surface area contributed by atoms with Gasteiger partial charge in [0, 0.05) is 25.7 Å². The molecule has 0 heterocycles. The van der Waals surface area contributed by atoms with Gasteiger partial charge in [-0.2, -0.15) is 0 Å². The van der Waals surface area contributed by atoms with Gasteiger partial charge in [-0.15, -0.1) is 0 Å². The lowest BCUT2D eigenvalue weighted by Crippen LogP contribution is -2.39. The van der Waals surface area contributed by atoms with Crippen LogP contribution >= 0.6 is 0 Å². The van der Waals surface area contributed by atoms with Crippen LogP contribution < -0.4 is 10.2 Å². The predicted molar refractivity (Wildman–Crippen MR) is 88.2 cm³/mol. The zero-order valence-electron chi connectivity index (χ0n) is 13.8. The molecule has 0 amide bonds. The molecule has 1 aliphatic carbocycles. The van der Waals surface area contributed by atoms with Gasteiger partial charge in [-0.1, -0.05) is 39.7 Å². The van der Waals surface area contributed by atoms with Crippen molar-refractivity contribution in [3.63, 3.8) is 0 Å². The van der Waals surface area contributed by atoms with Crippen LogP contribution in [-0.2, 0) is 6.54 Å². The first-order valence-electron chi connectivity index (χ1n) is 8.23. The summed E-state index contributed by atoms with van der Waals surface area (Å²) in [7, 11) is 2.04. The molecule has 2 nitrogen and oxygen atoms in total. The minimum atomic E-state index is -0.0988. The van der Waals surface area contributed by atoms with Gasteiger partial charge in [-0.25, -0.2) is 4.39 Å². The molecule has 2 rings (SSSR count). The maximum absolute atomic E-state index is 14.4. The van der Waals surface area contributed by atoms with Crippen LogP contribution in [0.15, 0.2) is 18.2 Å². The second-order valence-electron chi connectivity index (χ2n) is 6.76. The maximum Gasteiger partial charge on any atom is 0.146 e. The van der Waals surface area contributed by atoms with Gasteiger partial charge < -0.3 is 10.2 Å². The number of rotatable bonds is 5. The molecule has 2 unspecified atom stereocenters. The Hall–Kier alpha value is -1.09. The monoisotopic (exact) mass is 292 g/mol. The van der Waals surface area contributed by atoms with E-state index in [1.165, 1.54) is 25.7 Å². The Bertz CT molecular complexity index is 459. The number of nitrogens with zero attached hydrogens (tertiary/aromatic N) is 1. The third-order valence-corrected chi connectivity index (χ3v) is 4.67. The summed E-state index contributed by atoms with van der Waals surface area (Å²) < 4.78 is 14.4. The van der Waals surface area contributed by atoms with Crippen LogP contribution in [0, 0.1) is 11.7 Å². The van der Waals surface area contributed by atoms with E-state index in [1.807, 2.05) is 19.2 Å². The summed E-state index contributed by atoms with van der Waals surface area (Å²) in [5.41, 5.74) is 1.75.